The lowest BCUT2D eigenvalue weighted by molar-refractivity contribution is 0.411. The molecule has 0 saturated heterocycles. The van der Waals surface area contributed by atoms with Gasteiger partial charge in [-0.2, -0.15) is 0 Å². The molecule has 0 saturated carbocycles. The van der Waals surface area contributed by atoms with Crippen molar-refractivity contribution < 1.29 is 4.74 Å². The lowest BCUT2D eigenvalue weighted by Gasteiger charge is -2.18. The molecule has 0 bridgehead atoms. The maximum atomic E-state index is 5.31. The lowest BCUT2D eigenvalue weighted by Crippen LogP contribution is -2.17. The first kappa shape index (κ1) is 12.8. The van der Waals surface area contributed by atoms with Crippen LogP contribution in [-0.4, -0.2) is 29.0 Å². The van der Waals surface area contributed by atoms with Crippen LogP contribution in [0.15, 0.2) is 12.1 Å². The van der Waals surface area contributed by atoms with Crippen molar-refractivity contribution in [3.05, 3.63) is 28.8 Å². The number of rotatable bonds is 4. The Bertz CT molecular complexity index is 527. The average molecular weight is 264 g/mol. The summed E-state index contributed by atoms with van der Waals surface area (Å²) in [7, 11) is 3.68. The van der Waals surface area contributed by atoms with Gasteiger partial charge in [-0.05, 0) is 41.8 Å². The number of methoxy groups -OCH3 is 1. The first-order valence-electron chi connectivity index (χ1n) is 5.62. The SMILES string of the molecule is COc1ccc(CN(C)c2nnns2)c(C)c1C. The summed E-state index contributed by atoms with van der Waals surface area (Å²) in [5, 5.41) is 8.39. The van der Waals surface area contributed by atoms with E-state index in [2.05, 4.69) is 34.7 Å². The lowest BCUT2D eigenvalue weighted by atomic mass is 10.0. The maximum Gasteiger partial charge on any atom is 0.227 e. The second-order valence-electron chi connectivity index (χ2n) is 4.18. The number of aromatic nitrogens is 3. The summed E-state index contributed by atoms with van der Waals surface area (Å²) >= 11 is 1.30. The molecule has 0 atom stereocenters. The van der Waals surface area contributed by atoms with E-state index in [4.69, 9.17) is 4.74 Å². The minimum absolute atomic E-state index is 0.785. The molecule has 1 aromatic heterocycles. The van der Waals surface area contributed by atoms with Crippen LogP contribution in [0.5, 0.6) is 5.75 Å². The Balaban J connectivity index is 2.22. The fraction of sp³-hybridized carbons (Fsp3) is 0.417. The Morgan fingerprint density at radius 1 is 1.28 bits per heavy atom. The van der Waals surface area contributed by atoms with Gasteiger partial charge in [-0.15, -0.1) is 0 Å². The molecule has 96 valence electrons. The maximum absolute atomic E-state index is 5.31. The van der Waals surface area contributed by atoms with Gasteiger partial charge < -0.3 is 9.64 Å². The molecular weight excluding hydrogens is 248 g/mol. The molecule has 6 heteroatoms. The second-order valence-corrected chi connectivity index (χ2v) is 4.89. The first-order chi connectivity index (χ1) is 8.63. The Morgan fingerprint density at radius 2 is 2.06 bits per heavy atom. The summed E-state index contributed by atoms with van der Waals surface area (Å²) in [6.45, 7) is 4.97. The zero-order chi connectivity index (χ0) is 13.1. The molecule has 1 aromatic carbocycles. The molecule has 0 unspecified atom stereocenters. The van der Waals surface area contributed by atoms with E-state index >= 15 is 0 Å². The molecule has 1 heterocycles. The van der Waals surface area contributed by atoms with Gasteiger partial charge in [-0.3, -0.25) is 0 Å². The molecule has 5 nitrogen and oxygen atoms in total. The van der Waals surface area contributed by atoms with Gasteiger partial charge in [0, 0.05) is 25.1 Å². The normalized spacial score (nSPS) is 10.4. The van der Waals surface area contributed by atoms with E-state index in [1.54, 1.807) is 7.11 Å². The quantitative estimate of drug-likeness (QED) is 0.847. The molecule has 0 aliphatic heterocycles. The van der Waals surface area contributed by atoms with Crippen molar-refractivity contribution in [2.24, 2.45) is 0 Å². The Hall–Kier alpha value is -1.69. The zero-order valence-corrected chi connectivity index (χ0v) is 11.8. The van der Waals surface area contributed by atoms with Crippen LogP contribution in [0.2, 0.25) is 0 Å². The summed E-state index contributed by atoms with van der Waals surface area (Å²) in [6, 6.07) is 4.09. The number of hydrogen-bond acceptors (Lipinski definition) is 6. The molecule has 0 aliphatic carbocycles. The van der Waals surface area contributed by atoms with Crippen molar-refractivity contribution in [2.45, 2.75) is 20.4 Å². The van der Waals surface area contributed by atoms with Crippen LogP contribution in [0.1, 0.15) is 16.7 Å². The van der Waals surface area contributed by atoms with Crippen molar-refractivity contribution in [3.63, 3.8) is 0 Å². The third kappa shape index (κ3) is 2.43. The van der Waals surface area contributed by atoms with Crippen molar-refractivity contribution in [1.82, 2.24) is 14.8 Å². The Labute approximate surface area is 111 Å². The monoisotopic (exact) mass is 264 g/mol. The van der Waals surface area contributed by atoms with Gasteiger partial charge in [-0.1, -0.05) is 15.7 Å². The highest BCUT2D eigenvalue weighted by atomic mass is 32.1. The van der Waals surface area contributed by atoms with E-state index in [1.807, 2.05) is 18.0 Å². The van der Waals surface area contributed by atoms with E-state index in [9.17, 15) is 0 Å². The highest BCUT2D eigenvalue weighted by Crippen LogP contribution is 2.25. The topological polar surface area (TPSA) is 51.1 Å². The van der Waals surface area contributed by atoms with Crippen LogP contribution in [0, 0.1) is 13.8 Å². The third-order valence-corrected chi connectivity index (χ3v) is 3.80. The second kappa shape index (κ2) is 5.30. The molecule has 0 spiro atoms. The van der Waals surface area contributed by atoms with Gasteiger partial charge in [0.25, 0.3) is 0 Å². The van der Waals surface area contributed by atoms with E-state index < -0.39 is 0 Å². The van der Waals surface area contributed by atoms with Crippen molar-refractivity contribution >= 4 is 16.7 Å². The number of ether oxygens (including phenoxy) is 1. The summed E-state index contributed by atoms with van der Waals surface area (Å²) < 4.78 is 9.09. The van der Waals surface area contributed by atoms with E-state index in [0.717, 1.165) is 17.4 Å². The largest absolute Gasteiger partial charge is 0.496 e. The van der Waals surface area contributed by atoms with Gasteiger partial charge in [-0.25, -0.2) is 0 Å². The van der Waals surface area contributed by atoms with Crippen molar-refractivity contribution in [3.8, 4) is 5.75 Å². The average Bonchev–Trinajstić information content (AvgIpc) is 2.89. The highest BCUT2D eigenvalue weighted by Gasteiger charge is 2.11. The van der Waals surface area contributed by atoms with Crippen LogP contribution in [0.25, 0.3) is 0 Å². The minimum Gasteiger partial charge on any atom is -0.496 e. The zero-order valence-electron chi connectivity index (χ0n) is 11.0. The van der Waals surface area contributed by atoms with Crippen molar-refractivity contribution in [1.29, 1.82) is 0 Å². The van der Waals surface area contributed by atoms with Crippen LogP contribution in [-0.2, 0) is 6.54 Å². The molecule has 0 radical (unpaired) electrons. The number of nitrogens with zero attached hydrogens (tertiary/aromatic N) is 4. The molecule has 0 N–H and O–H groups in total. The third-order valence-electron chi connectivity index (χ3n) is 3.09. The molecule has 2 aromatic rings. The number of anilines is 1. The predicted molar refractivity (Wildman–Crippen MR) is 72.3 cm³/mol. The van der Waals surface area contributed by atoms with Gasteiger partial charge >= 0.3 is 0 Å². The molecule has 0 aliphatic rings. The number of benzene rings is 1. The first-order valence-corrected chi connectivity index (χ1v) is 6.40. The highest BCUT2D eigenvalue weighted by molar-refractivity contribution is 7.09. The van der Waals surface area contributed by atoms with Gasteiger partial charge in [0.15, 0.2) is 0 Å². The Kier molecular flexibility index (Phi) is 3.76. The molecule has 0 amide bonds. The minimum atomic E-state index is 0.785. The Morgan fingerprint density at radius 3 is 2.67 bits per heavy atom. The summed E-state index contributed by atoms with van der Waals surface area (Å²) in [6.07, 6.45) is 0. The standard InChI is InChI=1S/C12H16N4OS/c1-8-9(2)11(17-4)6-5-10(8)7-16(3)12-13-14-15-18-12/h5-6H,7H2,1-4H3. The van der Waals surface area contributed by atoms with Gasteiger partial charge in [0.2, 0.25) is 5.13 Å². The van der Waals surface area contributed by atoms with E-state index in [0.29, 0.717) is 0 Å². The van der Waals surface area contributed by atoms with Crippen LogP contribution >= 0.6 is 11.5 Å². The fourth-order valence-corrected chi connectivity index (χ4v) is 2.27. The molecule has 0 fully saturated rings. The van der Waals surface area contributed by atoms with Gasteiger partial charge in [0.05, 0.1) is 7.11 Å². The van der Waals surface area contributed by atoms with Crippen LogP contribution < -0.4 is 9.64 Å². The van der Waals surface area contributed by atoms with Crippen LogP contribution in [0.3, 0.4) is 0 Å². The summed E-state index contributed by atoms with van der Waals surface area (Å²) in [5.74, 6) is 0.927. The summed E-state index contributed by atoms with van der Waals surface area (Å²) in [5.41, 5.74) is 3.68. The van der Waals surface area contributed by atoms with E-state index in [1.165, 1.54) is 28.2 Å². The van der Waals surface area contributed by atoms with Gasteiger partial charge in [0.1, 0.15) is 5.75 Å². The van der Waals surface area contributed by atoms with Crippen LogP contribution in [0.4, 0.5) is 5.13 Å². The van der Waals surface area contributed by atoms with Crippen molar-refractivity contribution in [2.75, 3.05) is 19.1 Å². The fourth-order valence-electron chi connectivity index (χ4n) is 1.84. The molecule has 18 heavy (non-hydrogen) atoms. The predicted octanol–water partition coefficient (Wildman–Crippen LogP) is 2.19. The molecular formula is C12H16N4OS. The summed E-state index contributed by atoms with van der Waals surface area (Å²) in [4.78, 5) is 2.04. The molecule has 2 rings (SSSR count). The smallest absolute Gasteiger partial charge is 0.227 e. The van der Waals surface area contributed by atoms with E-state index in [-0.39, 0.29) is 0 Å². The number of hydrogen-bond donors (Lipinski definition) is 0.